The molecule has 0 aliphatic carbocycles. The van der Waals surface area contributed by atoms with E-state index in [-0.39, 0.29) is 0 Å². The fourth-order valence-corrected chi connectivity index (χ4v) is 3.26. The standard InChI is InChI=1S/C30H32N6O4/c1-3-15-31-29(5-1)35-33-23-25-7-11-27(12-8-25)39-21-19-37-17-18-38-20-22-40-28-13-9-26(10-14-28)24-34-36-30-6-2-4-16-32-30/h1-16,23-24H,17-22H2,(H,31,35)(H,32,36)/b33-23+,34-24+. The zero-order valence-electron chi connectivity index (χ0n) is 22.1. The van der Waals surface area contributed by atoms with Crippen LogP contribution in [0, 0.1) is 0 Å². The van der Waals surface area contributed by atoms with Gasteiger partial charge < -0.3 is 18.9 Å². The van der Waals surface area contributed by atoms with Gasteiger partial charge in [-0.2, -0.15) is 10.2 Å². The molecule has 0 amide bonds. The number of rotatable bonds is 17. The molecular weight excluding hydrogens is 508 g/mol. The molecule has 4 aromatic rings. The lowest BCUT2D eigenvalue weighted by Crippen LogP contribution is -2.13. The molecule has 2 aromatic carbocycles. The predicted octanol–water partition coefficient (Wildman–Crippen LogP) is 4.86. The molecule has 0 radical (unpaired) electrons. The molecule has 10 heteroatoms. The lowest BCUT2D eigenvalue weighted by Gasteiger charge is -2.09. The minimum absolute atomic E-state index is 0.456. The van der Waals surface area contributed by atoms with E-state index >= 15 is 0 Å². The van der Waals surface area contributed by atoms with Gasteiger partial charge in [0.2, 0.25) is 0 Å². The maximum absolute atomic E-state index is 5.71. The largest absolute Gasteiger partial charge is 0.491 e. The Bertz CT molecular complexity index is 1180. The zero-order chi connectivity index (χ0) is 27.5. The van der Waals surface area contributed by atoms with Crippen LogP contribution in [-0.4, -0.2) is 62.0 Å². The molecular formula is C30H32N6O4. The van der Waals surface area contributed by atoms with Crippen LogP contribution in [0.25, 0.3) is 0 Å². The van der Waals surface area contributed by atoms with Gasteiger partial charge in [-0.05, 0) is 83.9 Å². The molecule has 2 heterocycles. The molecule has 0 aliphatic rings. The van der Waals surface area contributed by atoms with Gasteiger partial charge in [0, 0.05) is 12.4 Å². The molecule has 0 unspecified atom stereocenters. The third-order valence-corrected chi connectivity index (χ3v) is 5.24. The summed E-state index contributed by atoms with van der Waals surface area (Å²) in [6, 6.07) is 26.5. The molecule has 2 aromatic heterocycles. The lowest BCUT2D eigenvalue weighted by atomic mass is 10.2. The van der Waals surface area contributed by atoms with Crippen molar-refractivity contribution >= 4 is 24.1 Å². The van der Waals surface area contributed by atoms with Crippen molar-refractivity contribution in [3.8, 4) is 11.5 Å². The van der Waals surface area contributed by atoms with E-state index in [1.807, 2.05) is 84.9 Å². The molecule has 4 rings (SSSR count). The summed E-state index contributed by atoms with van der Waals surface area (Å²) in [5.41, 5.74) is 7.66. The van der Waals surface area contributed by atoms with E-state index in [0.29, 0.717) is 51.3 Å². The van der Waals surface area contributed by atoms with Gasteiger partial charge in [-0.3, -0.25) is 10.9 Å². The van der Waals surface area contributed by atoms with Gasteiger partial charge in [-0.15, -0.1) is 0 Å². The Labute approximate surface area is 233 Å². The van der Waals surface area contributed by atoms with Crippen LogP contribution < -0.4 is 20.3 Å². The SMILES string of the molecule is C(=N\Nc1ccccn1)/c1ccc(OCCOCCOCCOc2ccc(/C=N/Nc3ccccn3)cc2)cc1. The van der Waals surface area contributed by atoms with Gasteiger partial charge in [-0.25, -0.2) is 9.97 Å². The number of anilines is 2. The van der Waals surface area contributed by atoms with Gasteiger partial charge in [-0.1, -0.05) is 12.1 Å². The second-order valence-corrected chi connectivity index (χ2v) is 8.23. The van der Waals surface area contributed by atoms with E-state index in [1.54, 1.807) is 24.8 Å². The summed E-state index contributed by atoms with van der Waals surface area (Å²) in [6.45, 7) is 2.84. The van der Waals surface area contributed by atoms with Crippen molar-refractivity contribution in [2.24, 2.45) is 10.2 Å². The van der Waals surface area contributed by atoms with Crippen LogP contribution in [0.2, 0.25) is 0 Å². The van der Waals surface area contributed by atoms with E-state index < -0.39 is 0 Å². The highest BCUT2D eigenvalue weighted by molar-refractivity contribution is 5.80. The Hall–Kier alpha value is -4.80. The predicted molar refractivity (Wildman–Crippen MR) is 156 cm³/mol. The molecule has 10 nitrogen and oxygen atoms in total. The first-order chi connectivity index (χ1) is 19.8. The van der Waals surface area contributed by atoms with Crippen LogP contribution in [0.5, 0.6) is 11.5 Å². The highest BCUT2D eigenvalue weighted by atomic mass is 16.6. The summed E-state index contributed by atoms with van der Waals surface area (Å²) >= 11 is 0. The highest BCUT2D eigenvalue weighted by Gasteiger charge is 1.98. The number of hydrazone groups is 2. The molecule has 0 aliphatic heterocycles. The molecule has 0 bridgehead atoms. The minimum atomic E-state index is 0.456. The number of pyridine rings is 2. The van der Waals surface area contributed by atoms with Crippen molar-refractivity contribution < 1.29 is 18.9 Å². The van der Waals surface area contributed by atoms with Crippen LogP contribution in [0.3, 0.4) is 0 Å². The fourth-order valence-electron chi connectivity index (χ4n) is 3.26. The number of ether oxygens (including phenoxy) is 4. The Kier molecular flexibility index (Phi) is 11.9. The lowest BCUT2D eigenvalue weighted by molar-refractivity contribution is 0.0273. The molecule has 0 fully saturated rings. The molecule has 206 valence electrons. The second kappa shape index (κ2) is 16.9. The van der Waals surface area contributed by atoms with Crippen LogP contribution in [0.4, 0.5) is 11.6 Å². The van der Waals surface area contributed by atoms with Crippen LogP contribution in [-0.2, 0) is 9.47 Å². The molecule has 2 N–H and O–H groups in total. The van der Waals surface area contributed by atoms with Gasteiger partial charge >= 0.3 is 0 Å². The average Bonchev–Trinajstić information content (AvgIpc) is 3.01. The van der Waals surface area contributed by atoms with Crippen molar-refractivity contribution in [1.82, 2.24) is 9.97 Å². The smallest absolute Gasteiger partial charge is 0.146 e. The monoisotopic (exact) mass is 540 g/mol. The Balaban J connectivity index is 0.984. The normalized spacial score (nSPS) is 11.1. The fraction of sp³-hybridized carbons (Fsp3) is 0.200. The van der Waals surface area contributed by atoms with E-state index in [0.717, 1.165) is 22.6 Å². The second-order valence-electron chi connectivity index (χ2n) is 8.23. The number of aromatic nitrogens is 2. The van der Waals surface area contributed by atoms with Crippen molar-refractivity contribution in [3.05, 3.63) is 108 Å². The van der Waals surface area contributed by atoms with Gasteiger partial charge in [0.25, 0.3) is 0 Å². The summed E-state index contributed by atoms with van der Waals surface area (Å²) in [7, 11) is 0. The van der Waals surface area contributed by atoms with E-state index in [9.17, 15) is 0 Å². The maximum atomic E-state index is 5.71. The third-order valence-electron chi connectivity index (χ3n) is 5.24. The van der Waals surface area contributed by atoms with Crippen LogP contribution in [0.15, 0.2) is 108 Å². The quantitative estimate of drug-likeness (QED) is 0.111. The molecule has 0 saturated carbocycles. The van der Waals surface area contributed by atoms with Crippen molar-refractivity contribution in [1.29, 1.82) is 0 Å². The Morgan fingerprint density at radius 1 is 0.525 bits per heavy atom. The van der Waals surface area contributed by atoms with Gasteiger partial charge in [0.1, 0.15) is 36.3 Å². The van der Waals surface area contributed by atoms with E-state index in [2.05, 4.69) is 31.0 Å². The van der Waals surface area contributed by atoms with Crippen LogP contribution in [0.1, 0.15) is 11.1 Å². The number of nitrogens with zero attached hydrogens (tertiary/aromatic N) is 4. The molecule has 40 heavy (non-hydrogen) atoms. The Morgan fingerprint density at radius 2 is 0.950 bits per heavy atom. The summed E-state index contributed by atoms with van der Waals surface area (Å²) in [5, 5.41) is 8.35. The first-order valence-corrected chi connectivity index (χ1v) is 12.9. The molecule has 0 atom stereocenters. The van der Waals surface area contributed by atoms with E-state index in [4.69, 9.17) is 18.9 Å². The average molecular weight is 541 g/mol. The number of hydrogen-bond acceptors (Lipinski definition) is 10. The topological polar surface area (TPSA) is 111 Å². The zero-order valence-corrected chi connectivity index (χ0v) is 22.1. The first-order valence-electron chi connectivity index (χ1n) is 12.9. The Morgan fingerprint density at radius 3 is 1.35 bits per heavy atom. The highest BCUT2D eigenvalue weighted by Crippen LogP contribution is 2.12. The number of hydrogen-bond donors (Lipinski definition) is 2. The maximum Gasteiger partial charge on any atom is 0.146 e. The molecule has 0 spiro atoms. The van der Waals surface area contributed by atoms with Crippen molar-refractivity contribution in [3.63, 3.8) is 0 Å². The summed E-state index contributed by atoms with van der Waals surface area (Å²) in [4.78, 5) is 8.30. The number of nitrogens with one attached hydrogen (secondary N) is 2. The first kappa shape index (κ1) is 28.2. The van der Waals surface area contributed by atoms with Crippen molar-refractivity contribution in [2.75, 3.05) is 50.5 Å². The summed E-state index contributed by atoms with van der Waals surface area (Å²) in [6.07, 6.45) is 6.87. The third kappa shape index (κ3) is 10.9. The van der Waals surface area contributed by atoms with E-state index in [1.165, 1.54) is 0 Å². The van der Waals surface area contributed by atoms with Crippen LogP contribution >= 0.6 is 0 Å². The number of benzene rings is 2. The summed E-state index contributed by atoms with van der Waals surface area (Å²) < 4.78 is 22.5. The van der Waals surface area contributed by atoms with Gasteiger partial charge in [0.05, 0.1) is 38.9 Å². The molecule has 0 saturated heterocycles. The summed E-state index contributed by atoms with van der Waals surface area (Å²) in [5.74, 6) is 2.93. The minimum Gasteiger partial charge on any atom is -0.491 e. The van der Waals surface area contributed by atoms with Gasteiger partial charge in [0.15, 0.2) is 0 Å². The van der Waals surface area contributed by atoms with Crippen molar-refractivity contribution in [2.45, 2.75) is 0 Å².